The average molecular weight is 328 g/mol. The lowest BCUT2D eigenvalue weighted by atomic mass is 9.93. The molecule has 128 valence electrons. The number of piperidine rings is 1. The fourth-order valence-electron chi connectivity index (χ4n) is 2.89. The van der Waals surface area contributed by atoms with Crippen molar-refractivity contribution >= 4 is 5.91 Å². The lowest BCUT2D eigenvalue weighted by molar-refractivity contribution is -0.137. The van der Waals surface area contributed by atoms with E-state index in [2.05, 4.69) is 17.6 Å². The molecule has 1 heterocycles. The Hall–Kier alpha value is -1.56. The van der Waals surface area contributed by atoms with Crippen molar-refractivity contribution in [2.75, 3.05) is 13.1 Å². The molecule has 1 aliphatic heterocycles. The van der Waals surface area contributed by atoms with Gasteiger partial charge < -0.3 is 10.6 Å². The van der Waals surface area contributed by atoms with Crippen molar-refractivity contribution in [2.45, 2.75) is 44.8 Å². The van der Waals surface area contributed by atoms with Crippen LogP contribution in [0.2, 0.25) is 0 Å². The quantitative estimate of drug-likeness (QED) is 0.890. The second-order valence-electron chi connectivity index (χ2n) is 6.37. The van der Waals surface area contributed by atoms with Crippen LogP contribution in [0.1, 0.15) is 43.7 Å². The highest BCUT2D eigenvalue weighted by atomic mass is 19.4. The molecule has 2 N–H and O–H groups in total. The Morgan fingerprint density at radius 1 is 1.35 bits per heavy atom. The largest absolute Gasteiger partial charge is 0.416 e. The first-order chi connectivity index (χ1) is 10.8. The molecule has 0 aromatic heterocycles. The van der Waals surface area contributed by atoms with E-state index in [4.69, 9.17) is 0 Å². The molecule has 1 aromatic rings. The van der Waals surface area contributed by atoms with Crippen LogP contribution in [0.3, 0.4) is 0 Å². The SMILES string of the molecule is CC(CC(=O)NC1CCNCC1C)c1ccc(C(F)(F)F)cc1. The molecule has 1 aromatic carbocycles. The standard InChI is InChI=1S/C17H23F3N2O/c1-11(13-3-5-14(6-4-13)17(18,19)20)9-16(23)22-15-7-8-21-10-12(15)2/h3-6,11-12,15,21H,7-10H2,1-2H3,(H,22,23). The summed E-state index contributed by atoms with van der Waals surface area (Å²) in [5.41, 5.74) is 0.0768. The van der Waals surface area contributed by atoms with E-state index >= 15 is 0 Å². The molecule has 3 unspecified atom stereocenters. The molecule has 23 heavy (non-hydrogen) atoms. The molecular formula is C17H23F3N2O. The molecule has 0 aliphatic carbocycles. The summed E-state index contributed by atoms with van der Waals surface area (Å²) in [6.07, 6.45) is -3.14. The zero-order valence-corrected chi connectivity index (χ0v) is 13.4. The van der Waals surface area contributed by atoms with E-state index in [0.29, 0.717) is 5.92 Å². The highest BCUT2D eigenvalue weighted by Crippen LogP contribution is 2.30. The third-order valence-corrected chi connectivity index (χ3v) is 4.43. The Labute approximate surface area is 134 Å². The third-order valence-electron chi connectivity index (χ3n) is 4.43. The van der Waals surface area contributed by atoms with Gasteiger partial charge in [-0.1, -0.05) is 26.0 Å². The second-order valence-corrected chi connectivity index (χ2v) is 6.37. The average Bonchev–Trinajstić information content (AvgIpc) is 2.49. The maximum atomic E-state index is 12.6. The number of carbonyl (C=O) groups excluding carboxylic acids is 1. The van der Waals surface area contributed by atoms with Crippen LogP contribution < -0.4 is 10.6 Å². The van der Waals surface area contributed by atoms with E-state index in [9.17, 15) is 18.0 Å². The molecule has 0 radical (unpaired) electrons. The summed E-state index contributed by atoms with van der Waals surface area (Å²) in [5.74, 6) is 0.222. The monoisotopic (exact) mass is 328 g/mol. The summed E-state index contributed by atoms with van der Waals surface area (Å²) in [6.45, 7) is 5.73. The molecule has 6 heteroatoms. The Morgan fingerprint density at radius 2 is 2.00 bits per heavy atom. The number of hydrogen-bond donors (Lipinski definition) is 2. The predicted molar refractivity (Wildman–Crippen MR) is 83.1 cm³/mol. The number of rotatable bonds is 4. The molecule has 1 fully saturated rings. The van der Waals surface area contributed by atoms with Gasteiger partial charge in [-0.3, -0.25) is 4.79 Å². The van der Waals surface area contributed by atoms with Gasteiger partial charge >= 0.3 is 6.18 Å². The Balaban J connectivity index is 1.90. The highest BCUT2D eigenvalue weighted by molar-refractivity contribution is 5.77. The second kappa shape index (κ2) is 7.34. The van der Waals surface area contributed by atoms with E-state index in [1.54, 1.807) is 0 Å². The number of hydrogen-bond acceptors (Lipinski definition) is 2. The van der Waals surface area contributed by atoms with Gasteiger partial charge in [0.1, 0.15) is 0 Å². The van der Waals surface area contributed by atoms with Gasteiger partial charge in [0.05, 0.1) is 5.56 Å². The van der Waals surface area contributed by atoms with Crippen molar-refractivity contribution < 1.29 is 18.0 Å². The van der Waals surface area contributed by atoms with Gasteiger partial charge in [0, 0.05) is 12.5 Å². The molecular weight excluding hydrogens is 305 g/mol. The molecule has 1 aliphatic rings. The minimum absolute atomic E-state index is 0.0452. The highest BCUT2D eigenvalue weighted by Gasteiger charge is 2.30. The van der Waals surface area contributed by atoms with Crippen molar-refractivity contribution in [3.63, 3.8) is 0 Å². The molecule has 2 rings (SSSR count). The van der Waals surface area contributed by atoms with Gasteiger partial charge in [-0.2, -0.15) is 13.2 Å². The summed E-state index contributed by atoms with van der Waals surface area (Å²) in [6, 6.07) is 5.21. The van der Waals surface area contributed by atoms with Gasteiger partial charge in [-0.25, -0.2) is 0 Å². The van der Waals surface area contributed by atoms with Crippen LogP contribution >= 0.6 is 0 Å². The zero-order chi connectivity index (χ0) is 17.0. The smallest absolute Gasteiger partial charge is 0.353 e. The van der Waals surface area contributed by atoms with Crippen LogP contribution in [-0.2, 0) is 11.0 Å². The number of nitrogens with one attached hydrogen (secondary N) is 2. The Kier molecular flexibility index (Phi) is 5.68. The fraction of sp³-hybridized carbons (Fsp3) is 0.588. The first-order valence-electron chi connectivity index (χ1n) is 7.94. The molecule has 0 saturated carbocycles. The third kappa shape index (κ3) is 4.96. The van der Waals surface area contributed by atoms with Crippen LogP contribution in [0, 0.1) is 5.92 Å². The van der Waals surface area contributed by atoms with Crippen LogP contribution in [-0.4, -0.2) is 25.0 Å². The summed E-state index contributed by atoms with van der Waals surface area (Å²) >= 11 is 0. The number of halogens is 3. The van der Waals surface area contributed by atoms with Crippen LogP contribution in [0.4, 0.5) is 13.2 Å². The molecule has 0 spiro atoms. The first-order valence-corrected chi connectivity index (χ1v) is 7.94. The summed E-state index contributed by atoms with van der Waals surface area (Å²) in [7, 11) is 0. The van der Waals surface area contributed by atoms with Crippen LogP contribution in [0.15, 0.2) is 24.3 Å². The van der Waals surface area contributed by atoms with E-state index in [1.165, 1.54) is 12.1 Å². The zero-order valence-electron chi connectivity index (χ0n) is 13.4. The van der Waals surface area contributed by atoms with Crippen molar-refractivity contribution in [3.8, 4) is 0 Å². The van der Waals surface area contributed by atoms with E-state index in [-0.39, 0.29) is 24.3 Å². The predicted octanol–water partition coefficient (Wildman–Crippen LogP) is 3.31. The maximum absolute atomic E-state index is 12.6. The van der Waals surface area contributed by atoms with Gasteiger partial charge in [0.25, 0.3) is 0 Å². The molecule has 3 nitrogen and oxygen atoms in total. The number of carbonyl (C=O) groups is 1. The molecule has 3 atom stereocenters. The van der Waals surface area contributed by atoms with E-state index in [0.717, 1.165) is 37.2 Å². The van der Waals surface area contributed by atoms with E-state index < -0.39 is 11.7 Å². The Morgan fingerprint density at radius 3 is 2.57 bits per heavy atom. The number of benzene rings is 1. The van der Waals surface area contributed by atoms with Crippen molar-refractivity contribution in [3.05, 3.63) is 35.4 Å². The van der Waals surface area contributed by atoms with Crippen LogP contribution in [0.25, 0.3) is 0 Å². The van der Waals surface area contributed by atoms with Gasteiger partial charge in [0.2, 0.25) is 5.91 Å². The minimum atomic E-state index is -4.33. The number of amides is 1. The van der Waals surface area contributed by atoms with Gasteiger partial charge in [0.15, 0.2) is 0 Å². The van der Waals surface area contributed by atoms with Crippen molar-refractivity contribution in [1.82, 2.24) is 10.6 Å². The van der Waals surface area contributed by atoms with E-state index in [1.807, 2.05) is 6.92 Å². The fourth-order valence-corrected chi connectivity index (χ4v) is 2.89. The molecule has 1 saturated heterocycles. The lowest BCUT2D eigenvalue weighted by Gasteiger charge is -2.30. The number of alkyl halides is 3. The Bertz CT molecular complexity index is 528. The maximum Gasteiger partial charge on any atom is 0.416 e. The lowest BCUT2D eigenvalue weighted by Crippen LogP contribution is -2.48. The normalized spacial score (nSPS) is 23.3. The molecule has 0 bridgehead atoms. The van der Waals surface area contributed by atoms with Gasteiger partial charge in [-0.15, -0.1) is 0 Å². The topological polar surface area (TPSA) is 41.1 Å². The van der Waals surface area contributed by atoms with Gasteiger partial charge in [-0.05, 0) is 49.0 Å². The summed E-state index contributed by atoms with van der Waals surface area (Å²) < 4.78 is 37.7. The van der Waals surface area contributed by atoms with Crippen LogP contribution in [0.5, 0.6) is 0 Å². The summed E-state index contributed by atoms with van der Waals surface area (Å²) in [5, 5.41) is 6.32. The molecule has 1 amide bonds. The van der Waals surface area contributed by atoms with Crippen molar-refractivity contribution in [1.29, 1.82) is 0 Å². The first kappa shape index (κ1) is 17.8. The van der Waals surface area contributed by atoms with Crippen molar-refractivity contribution in [2.24, 2.45) is 5.92 Å². The summed E-state index contributed by atoms with van der Waals surface area (Å²) in [4.78, 5) is 12.2. The minimum Gasteiger partial charge on any atom is -0.353 e.